The van der Waals surface area contributed by atoms with E-state index < -0.39 is 0 Å². The number of rotatable bonds is 11. The molecule has 0 aromatic carbocycles. The van der Waals surface area contributed by atoms with Crippen LogP contribution in [0.25, 0.3) is 0 Å². The fourth-order valence-electron chi connectivity index (χ4n) is 3.04. The van der Waals surface area contributed by atoms with Crippen molar-refractivity contribution in [1.29, 1.82) is 0 Å². The van der Waals surface area contributed by atoms with E-state index in [-0.39, 0.29) is 5.54 Å². The quantitative estimate of drug-likeness (QED) is 0.429. The Labute approximate surface area is 132 Å². The zero-order valence-corrected chi connectivity index (χ0v) is 15.1. The second-order valence-corrected chi connectivity index (χ2v) is 7.67. The molecular formula is C19H37NO. The van der Waals surface area contributed by atoms with Crippen molar-refractivity contribution >= 4 is 5.90 Å². The van der Waals surface area contributed by atoms with Crippen molar-refractivity contribution in [2.45, 2.75) is 97.9 Å². The Bertz CT molecular complexity index is 307. The summed E-state index contributed by atoms with van der Waals surface area (Å²) in [6, 6.07) is 0. The molecule has 21 heavy (non-hydrogen) atoms. The number of unbranched alkanes of at least 4 members (excludes halogenated alkanes) is 7. The van der Waals surface area contributed by atoms with Crippen molar-refractivity contribution in [2.75, 3.05) is 6.61 Å². The molecule has 2 heteroatoms. The lowest BCUT2D eigenvalue weighted by molar-refractivity contribution is 0.252. The summed E-state index contributed by atoms with van der Waals surface area (Å²) >= 11 is 0. The van der Waals surface area contributed by atoms with Crippen molar-refractivity contribution in [2.24, 2.45) is 16.8 Å². The topological polar surface area (TPSA) is 21.6 Å². The van der Waals surface area contributed by atoms with Crippen molar-refractivity contribution < 1.29 is 4.74 Å². The maximum absolute atomic E-state index is 5.86. The molecule has 1 heterocycles. The van der Waals surface area contributed by atoms with E-state index in [0.29, 0.717) is 11.8 Å². The number of aliphatic imine (C=N–C) groups is 1. The minimum Gasteiger partial charge on any atom is -0.478 e. The van der Waals surface area contributed by atoms with Crippen molar-refractivity contribution in [1.82, 2.24) is 0 Å². The average Bonchev–Trinajstić information content (AvgIpc) is 2.76. The molecule has 124 valence electrons. The van der Waals surface area contributed by atoms with Crippen LogP contribution < -0.4 is 0 Å². The third-order valence-electron chi connectivity index (χ3n) is 4.48. The summed E-state index contributed by atoms with van der Waals surface area (Å²) in [5.41, 5.74) is -0.0122. The second kappa shape index (κ2) is 9.48. The predicted molar refractivity (Wildman–Crippen MR) is 93.0 cm³/mol. The first-order valence-electron chi connectivity index (χ1n) is 9.19. The van der Waals surface area contributed by atoms with Gasteiger partial charge in [0.05, 0.1) is 5.54 Å². The molecule has 1 atom stereocenters. The lowest BCUT2D eigenvalue weighted by Gasteiger charge is -2.20. The molecule has 0 aromatic heterocycles. The van der Waals surface area contributed by atoms with Gasteiger partial charge in [0.1, 0.15) is 6.61 Å². The van der Waals surface area contributed by atoms with E-state index in [9.17, 15) is 0 Å². The van der Waals surface area contributed by atoms with Gasteiger partial charge in [0.15, 0.2) is 5.90 Å². The van der Waals surface area contributed by atoms with Gasteiger partial charge in [-0.05, 0) is 26.2 Å². The summed E-state index contributed by atoms with van der Waals surface area (Å²) in [5.74, 6) is 2.17. The molecule has 1 aliphatic heterocycles. The molecule has 0 N–H and O–H groups in total. The highest BCUT2D eigenvalue weighted by molar-refractivity contribution is 5.80. The van der Waals surface area contributed by atoms with Crippen LogP contribution in [-0.2, 0) is 4.74 Å². The third-order valence-corrected chi connectivity index (χ3v) is 4.48. The highest BCUT2D eigenvalue weighted by atomic mass is 16.5. The molecule has 0 spiro atoms. The van der Waals surface area contributed by atoms with Gasteiger partial charge in [-0.15, -0.1) is 0 Å². The average molecular weight is 296 g/mol. The van der Waals surface area contributed by atoms with Crippen LogP contribution in [0, 0.1) is 11.8 Å². The van der Waals surface area contributed by atoms with E-state index >= 15 is 0 Å². The molecular weight excluding hydrogens is 258 g/mol. The zero-order chi connectivity index (χ0) is 15.7. The first-order valence-corrected chi connectivity index (χ1v) is 9.19. The minimum absolute atomic E-state index is 0.0122. The van der Waals surface area contributed by atoms with E-state index in [2.05, 4.69) is 34.6 Å². The maximum Gasteiger partial charge on any atom is 0.187 e. The summed E-state index contributed by atoms with van der Waals surface area (Å²) in [7, 11) is 0. The van der Waals surface area contributed by atoms with Crippen LogP contribution in [0.5, 0.6) is 0 Å². The van der Waals surface area contributed by atoms with Crippen LogP contribution in [-0.4, -0.2) is 18.0 Å². The lowest BCUT2D eigenvalue weighted by Crippen LogP contribution is -2.20. The largest absolute Gasteiger partial charge is 0.478 e. The Morgan fingerprint density at radius 3 is 2.05 bits per heavy atom. The van der Waals surface area contributed by atoms with Gasteiger partial charge in [0, 0.05) is 5.92 Å². The number of hydrogen-bond donors (Lipinski definition) is 0. The zero-order valence-electron chi connectivity index (χ0n) is 15.1. The fraction of sp³-hybridized carbons (Fsp3) is 0.947. The molecule has 1 unspecified atom stereocenters. The molecule has 2 nitrogen and oxygen atoms in total. The number of nitrogens with zero attached hydrogens (tertiary/aromatic N) is 1. The smallest absolute Gasteiger partial charge is 0.187 e. The summed E-state index contributed by atoms with van der Waals surface area (Å²) < 4.78 is 5.86. The molecule has 0 saturated heterocycles. The Balaban J connectivity index is 2.21. The van der Waals surface area contributed by atoms with Gasteiger partial charge in [-0.25, -0.2) is 4.99 Å². The van der Waals surface area contributed by atoms with Crippen molar-refractivity contribution in [3.63, 3.8) is 0 Å². The van der Waals surface area contributed by atoms with Crippen LogP contribution in [0.4, 0.5) is 0 Å². The Kier molecular flexibility index (Phi) is 8.36. The molecule has 0 amide bonds. The SMILES string of the molecule is CCCCCCCCCCC(C1=NC(C)(C)CO1)C(C)C. The number of ether oxygens (including phenoxy) is 1. The van der Waals surface area contributed by atoms with Crippen LogP contribution in [0.3, 0.4) is 0 Å². The van der Waals surface area contributed by atoms with E-state index in [0.717, 1.165) is 12.5 Å². The Morgan fingerprint density at radius 2 is 1.57 bits per heavy atom. The summed E-state index contributed by atoms with van der Waals surface area (Å²) in [6.45, 7) is 11.9. The normalized spacial score (nSPS) is 18.7. The van der Waals surface area contributed by atoms with Crippen LogP contribution in [0.1, 0.15) is 92.4 Å². The Morgan fingerprint density at radius 1 is 1.00 bits per heavy atom. The number of hydrogen-bond acceptors (Lipinski definition) is 2. The van der Waals surface area contributed by atoms with Gasteiger partial charge in [-0.2, -0.15) is 0 Å². The summed E-state index contributed by atoms with van der Waals surface area (Å²) in [5, 5.41) is 0. The molecule has 1 aliphatic rings. The maximum atomic E-state index is 5.86. The molecule has 0 aromatic rings. The second-order valence-electron chi connectivity index (χ2n) is 7.67. The van der Waals surface area contributed by atoms with Gasteiger partial charge >= 0.3 is 0 Å². The predicted octanol–water partition coefficient (Wildman–Crippen LogP) is 6.00. The summed E-state index contributed by atoms with van der Waals surface area (Å²) in [4.78, 5) is 4.79. The first-order chi connectivity index (χ1) is 9.96. The van der Waals surface area contributed by atoms with E-state index in [1.807, 2.05) is 0 Å². The highest BCUT2D eigenvalue weighted by Gasteiger charge is 2.31. The van der Waals surface area contributed by atoms with Crippen molar-refractivity contribution in [3.05, 3.63) is 0 Å². The lowest BCUT2D eigenvalue weighted by atomic mass is 9.89. The van der Waals surface area contributed by atoms with Gasteiger partial charge in [-0.3, -0.25) is 0 Å². The Hall–Kier alpha value is -0.530. The molecule has 0 aliphatic carbocycles. The molecule has 0 fully saturated rings. The van der Waals surface area contributed by atoms with Crippen LogP contribution >= 0.6 is 0 Å². The van der Waals surface area contributed by atoms with E-state index in [1.165, 1.54) is 57.8 Å². The van der Waals surface area contributed by atoms with Gasteiger partial charge in [0.25, 0.3) is 0 Å². The van der Waals surface area contributed by atoms with Gasteiger partial charge in [-0.1, -0.05) is 72.1 Å². The molecule has 0 bridgehead atoms. The standard InChI is InChI=1S/C19H37NO/c1-6-7-8-9-10-11-12-13-14-17(16(2)3)18-20-19(4,5)15-21-18/h16-17H,6-15H2,1-5H3. The first kappa shape index (κ1) is 18.5. The van der Waals surface area contributed by atoms with Crippen molar-refractivity contribution in [3.8, 4) is 0 Å². The van der Waals surface area contributed by atoms with E-state index in [1.54, 1.807) is 0 Å². The molecule has 1 rings (SSSR count). The van der Waals surface area contributed by atoms with E-state index in [4.69, 9.17) is 9.73 Å². The van der Waals surface area contributed by atoms with Crippen LogP contribution in [0.15, 0.2) is 4.99 Å². The third kappa shape index (κ3) is 7.33. The summed E-state index contributed by atoms with van der Waals surface area (Å²) in [6.07, 6.45) is 12.3. The van der Waals surface area contributed by atoms with Gasteiger partial charge < -0.3 is 4.74 Å². The highest BCUT2D eigenvalue weighted by Crippen LogP contribution is 2.28. The van der Waals surface area contributed by atoms with Gasteiger partial charge in [0.2, 0.25) is 0 Å². The monoisotopic (exact) mass is 295 g/mol. The minimum atomic E-state index is -0.0122. The van der Waals surface area contributed by atoms with Crippen LogP contribution in [0.2, 0.25) is 0 Å². The fourth-order valence-corrected chi connectivity index (χ4v) is 3.04. The molecule has 0 radical (unpaired) electrons. The molecule has 0 saturated carbocycles.